The zero-order valence-corrected chi connectivity index (χ0v) is 12.0. The van der Waals surface area contributed by atoms with Gasteiger partial charge in [-0.05, 0) is 35.9 Å². The highest BCUT2D eigenvalue weighted by Gasteiger charge is 2.10. The van der Waals surface area contributed by atoms with Crippen LogP contribution in [0.3, 0.4) is 0 Å². The molecule has 0 fully saturated rings. The quantitative estimate of drug-likeness (QED) is 0.791. The molecular formula is C15H14N6O. The molecule has 0 aliphatic carbocycles. The van der Waals surface area contributed by atoms with Gasteiger partial charge in [0.2, 0.25) is 11.7 Å². The molecule has 0 aliphatic heterocycles. The maximum Gasteiger partial charge on any atom is 0.248 e. The summed E-state index contributed by atoms with van der Waals surface area (Å²) in [5, 5.41) is 14.8. The summed E-state index contributed by atoms with van der Waals surface area (Å²) < 4.78 is 0. The Bertz CT molecular complexity index is 783. The van der Waals surface area contributed by atoms with Crippen molar-refractivity contribution in [3.05, 3.63) is 54.4 Å². The molecule has 2 aromatic heterocycles. The summed E-state index contributed by atoms with van der Waals surface area (Å²) in [5.74, 6) is 0.237. The third-order valence-corrected chi connectivity index (χ3v) is 3.08. The minimum Gasteiger partial charge on any atom is -0.324 e. The summed E-state index contributed by atoms with van der Waals surface area (Å²) in [4.78, 5) is 17.3. The number of hydrogen-bond acceptors (Lipinski definition) is 5. The molecule has 0 saturated carbocycles. The van der Waals surface area contributed by atoms with Gasteiger partial charge < -0.3 is 5.32 Å². The number of nitrogens with zero attached hydrogens (tertiary/aromatic N) is 5. The summed E-state index contributed by atoms with van der Waals surface area (Å²) >= 11 is 0. The van der Waals surface area contributed by atoms with Crippen LogP contribution < -0.4 is 5.32 Å². The topological polar surface area (TPSA) is 85.6 Å². The molecule has 3 aromatic rings. The van der Waals surface area contributed by atoms with E-state index in [1.165, 1.54) is 4.80 Å². The van der Waals surface area contributed by atoms with Crippen LogP contribution in [-0.4, -0.2) is 31.1 Å². The van der Waals surface area contributed by atoms with Gasteiger partial charge in [-0.15, -0.1) is 10.2 Å². The first-order chi connectivity index (χ1) is 10.7. The average Bonchev–Trinajstić information content (AvgIpc) is 2.99. The summed E-state index contributed by atoms with van der Waals surface area (Å²) in [7, 11) is 0. The van der Waals surface area contributed by atoms with Gasteiger partial charge in [-0.2, -0.15) is 4.80 Å². The Labute approximate surface area is 127 Å². The molecule has 0 aliphatic rings. The second-order valence-electron chi connectivity index (χ2n) is 4.75. The van der Waals surface area contributed by atoms with Crippen LogP contribution in [0.2, 0.25) is 0 Å². The first kappa shape index (κ1) is 13.9. The molecule has 0 atom stereocenters. The number of para-hydroxylation sites is 1. The van der Waals surface area contributed by atoms with E-state index in [1.54, 1.807) is 18.5 Å². The third kappa shape index (κ3) is 3.14. The Morgan fingerprint density at radius 2 is 2.09 bits per heavy atom. The van der Waals surface area contributed by atoms with Gasteiger partial charge in [0.25, 0.3) is 0 Å². The number of aryl methyl sites for hydroxylation is 1. The van der Waals surface area contributed by atoms with Crippen LogP contribution in [0.4, 0.5) is 5.69 Å². The van der Waals surface area contributed by atoms with Gasteiger partial charge in [-0.25, -0.2) is 0 Å². The van der Waals surface area contributed by atoms with Crippen LogP contribution in [0.1, 0.15) is 5.56 Å². The smallest absolute Gasteiger partial charge is 0.248 e. The highest BCUT2D eigenvalue weighted by atomic mass is 16.2. The van der Waals surface area contributed by atoms with Gasteiger partial charge in [0.15, 0.2) is 0 Å². The van der Waals surface area contributed by atoms with Crippen molar-refractivity contribution in [3.8, 4) is 11.4 Å². The van der Waals surface area contributed by atoms with E-state index in [0.717, 1.165) is 16.8 Å². The number of aromatic nitrogens is 5. The number of amides is 1. The van der Waals surface area contributed by atoms with Crippen LogP contribution in [0.5, 0.6) is 0 Å². The molecule has 0 spiro atoms. The highest BCUT2D eigenvalue weighted by molar-refractivity contribution is 5.91. The summed E-state index contributed by atoms with van der Waals surface area (Å²) in [5.41, 5.74) is 2.53. The fourth-order valence-electron chi connectivity index (χ4n) is 1.95. The predicted octanol–water partition coefficient (Wildman–Crippen LogP) is 1.68. The van der Waals surface area contributed by atoms with E-state index < -0.39 is 0 Å². The van der Waals surface area contributed by atoms with Gasteiger partial charge in [-0.3, -0.25) is 9.78 Å². The normalized spacial score (nSPS) is 10.4. The number of benzene rings is 1. The van der Waals surface area contributed by atoms with Crippen molar-refractivity contribution in [1.29, 1.82) is 0 Å². The molecule has 0 radical (unpaired) electrons. The molecule has 3 rings (SSSR count). The minimum atomic E-state index is -0.204. The number of rotatable bonds is 4. The van der Waals surface area contributed by atoms with E-state index >= 15 is 0 Å². The van der Waals surface area contributed by atoms with Gasteiger partial charge in [0, 0.05) is 23.6 Å². The Morgan fingerprint density at radius 3 is 2.86 bits per heavy atom. The maximum absolute atomic E-state index is 12.0. The largest absolute Gasteiger partial charge is 0.324 e. The van der Waals surface area contributed by atoms with Crippen LogP contribution in [0, 0.1) is 6.92 Å². The van der Waals surface area contributed by atoms with Crippen molar-refractivity contribution < 1.29 is 4.79 Å². The number of tetrazole rings is 1. The molecule has 110 valence electrons. The van der Waals surface area contributed by atoms with Crippen molar-refractivity contribution in [1.82, 2.24) is 25.2 Å². The fraction of sp³-hybridized carbons (Fsp3) is 0.133. The van der Waals surface area contributed by atoms with Crippen molar-refractivity contribution in [2.75, 3.05) is 5.32 Å². The molecular weight excluding hydrogens is 280 g/mol. The Kier molecular flexibility index (Phi) is 3.86. The maximum atomic E-state index is 12.0. The Morgan fingerprint density at radius 1 is 1.23 bits per heavy atom. The Balaban J connectivity index is 1.68. The monoisotopic (exact) mass is 294 g/mol. The summed E-state index contributed by atoms with van der Waals surface area (Å²) in [6, 6.07) is 11.2. The number of pyridine rings is 1. The van der Waals surface area contributed by atoms with Crippen LogP contribution >= 0.6 is 0 Å². The number of anilines is 1. The number of carbonyl (C=O) groups excluding carboxylic acids is 1. The first-order valence-corrected chi connectivity index (χ1v) is 6.76. The average molecular weight is 294 g/mol. The lowest BCUT2D eigenvalue weighted by Crippen LogP contribution is -2.20. The molecule has 0 bridgehead atoms. The van der Waals surface area contributed by atoms with Gasteiger partial charge in [0.1, 0.15) is 6.54 Å². The molecule has 1 aromatic carbocycles. The van der Waals surface area contributed by atoms with E-state index in [0.29, 0.717) is 5.82 Å². The summed E-state index contributed by atoms with van der Waals surface area (Å²) in [6.45, 7) is 1.94. The fourth-order valence-corrected chi connectivity index (χ4v) is 1.95. The number of nitrogens with one attached hydrogen (secondary N) is 1. The molecule has 7 heteroatoms. The minimum absolute atomic E-state index is 0.00158. The first-order valence-electron chi connectivity index (χ1n) is 6.76. The van der Waals surface area contributed by atoms with E-state index in [9.17, 15) is 4.79 Å². The highest BCUT2D eigenvalue weighted by Crippen LogP contribution is 2.13. The van der Waals surface area contributed by atoms with Gasteiger partial charge in [-0.1, -0.05) is 18.2 Å². The molecule has 1 amide bonds. The van der Waals surface area contributed by atoms with Crippen LogP contribution in [0.25, 0.3) is 11.4 Å². The van der Waals surface area contributed by atoms with E-state index in [1.807, 2.05) is 37.3 Å². The standard InChI is InChI=1S/C15H14N6O/c1-11-5-2-3-7-13(11)17-14(22)10-21-19-15(18-20-21)12-6-4-8-16-9-12/h2-9H,10H2,1H3,(H,17,22). The third-order valence-electron chi connectivity index (χ3n) is 3.08. The Hall–Kier alpha value is -3.09. The van der Waals surface area contributed by atoms with Gasteiger partial charge in [0.05, 0.1) is 0 Å². The SMILES string of the molecule is Cc1ccccc1NC(=O)Cn1nnc(-c2cccnc2)n1. The van der Waals surface area contributed by atoms with Crippen molar-refractivity contribution in [3.63, 3.8) is 0 Å². The van der Waals surface area contributed by atoms with Crippen LogP contribution in [-0.2, 0) is 11.3 Å². The van der Waals surface area contributed by atoms with E-state index in [2.05, 4.69) is 25.7 Å². The number of carbonyl (C=O) groups is 1. The van der Waals surface area contributed by atoms with Crippen LogP contribution in [0.15, 0.2) is 48.8 Å². The molecule has 2 heterocycles. The lowest BCUT2D eigenvalue weighted by atomic mass is 10.2. The van der Waals surface area contributed by atoms with Gasteiger partial charge >= 0.3 is 0 Å². The van der Waals surface area contributed by atoms with E-state index in [-0.39, 0.29) is 12.5 Å². The lowest BCUT2D eigenvalue weighted by molar-refractivity contribution is -0.117. The molecule has 7 nitrogen and oxygen atoms in total. The lowest BCUT2D eigenvalue weighted by Gasteiger charge is -2.06. The van der Waals surface area contributed by atoms with Crippen molar-refractivity contribution in [2.45, 2.75) is 13.5 Å². The zero-order valence-electron chi connectivity index (χ0n) is 12.0. The second kappa shape index (κ2) is 6.13. The predicted molar refractivity (Wildman–Crippen MR) is 80.9 cm³/mol. The molecule has 0 saturated heterocycles. The zero-order chi connectivity index (χ0) is 15.4. The van der Waals surface area contributed by atoms with E-state index in [4.69, 9.17) is 0 Å². The second-order valence-corrected chi connectivity index (χ2v) is 4.75. The molecule has 22 heavy (non-hydrogen) atoms. The number of hydrogen-bond donors (Lipinski definition) is 1. The van der Waals surface area contributed by atoms with Crippen molar-refractivity contribution >= 4 is 11.6 Å². The molecule has 0 unspecified atom stereocenters. The van der Waals surface area contributed by atoms with Crippen molar-refractivity contribution in [2.24, 2.45) is 0 Å². The molecule has 1 N–H and O–H groups in total. The summed E-state index contributed by atoms with van der Waals surface area (Å²) in [6.07, 6.45) is 3.32.